The predicted octanol–water partition coefficient (Wildman–Crippen LogP) is 3.74. The van der Waals surface area contributed by atoms with Gasteiger partial charge in [0.05, 0.1) is 24.5 Å². The normalized spacial score (nSPS) is 20.6. The molecule has 3 aliphatic heterocycles. The molecule has 2 saturated heterocycles. The number of hydrogen-bond donors (Lipinski definition) is 2. The molecule has 2 N–H and O–H groups in total. The molecular weight excluding hydrogens is 416 g/mol. The van der Waals surface area contributed by atoms with Crippen LogP contribution in [0.4, 0.5) is 25.0 Å². The average molecular weight is 441 g/mol. The van der Waals surface area contributed by atoms with Crippen molar-refractivity contribution in [3.63, 3.8) is 0 Å². The number of hydrazine groups is 2. The maximum atomic E-state index is 15.0. The highest BCUT2D eigenvalue weighted by Crippen LogP contribution is 2.31. The molecule has 0 unspecified atom stereocenters. The summed E-state index contributed by atoms with van der Waals surface area (Å²) in [6, 6.07) is 9.76. The van der Waals surface area contributed by atoms with Crippen molar-refractivity contribution in [2.45, 2.75) is 25.4 Å². The van der Waals surface area contributed by atoms with Gasteiger partial charge in [-0.2, -0.15) is 0 Å². The fourth-order valence-electron chi connectivity index (χ4n) is 4.30. The summed E-state index contributed by atoms with van der Waals surface area (Å²) >= 11 is 0. The first kappa shape index (κ1) is 20.6. The number of alkyl carbamates (subject to hydrolysis) is 1. The van der Waals surface area contributed by atoms with Crippen LogP contribution in [0.25, 0.3) is 11.1 Å². The molecule has 2 aromatic carbocycles. The van der Waals surface area contributed by atoms with Crippen LogP contribution in [0.5, 0.6) is 0 Å². The number of nitrogens with one attached hydrogen (secondary N) is 2. The van der Waals surface area contributed by atoms with E-state index in [9.17, 15) is 13.6 Å². The number of piperidine rings is 1. The van der Waals surface area contributed by atoms with E-state index < -0.39 is 11.9 Å². The first-order valence-electron chi connectivity index (χ1n) is 10.9. The van der Waals surface area contributed by atoms with Crippen LogP contribution >= 0.6 is 0 Å². The molecule has 0 spiro atoms. The van der Waals surface area contributed by atoms with Gasteiger partial charge in [0.15, 0.2) is 0 Å². The Morgan fingerprint density at radius 2 is 1.84 bits per heavy atom. The van der Waals surface area contributed by atoms with Crippen LogP contribution in [0.3, 0.4) is 0 Å². The van der Waals surface area contributed by atoms with Gasteiger partial charge in [0.25, 0.3) is 0 Å². The molecular formula is C23H25F2N5O2. The predicted molar refractivity (Wildman–Crippen MR) is 118 cm³/mol. The number of amides is 1. The zero-order chi connectivity index (χ0) is 22.1. The van der Waals surface area contributed by atoms with Crippen LogP contribution in [0.1, 0.15) is 19.3 Å². The molecule has 0 radical (unpaired) electrons. The molecule has 0 bridgehead atoms. The number of rotatable bonds is 5. The summed E-state index contributed by atoms with van der Waals surface area (Å²) in [5.41, 5.74) is 5.13. The van der Waals surface area contributed by atoms with Gasteiger partial charge in [0.2, 0.25) is 0 Å². The summed E-state index contributed by atoms with van der Waals surface area (Å²) < 4.78 is 34.9. The molecule has 1 amide bonds. The SMILES string of the molecule is O=C1NC[C@H](CN2C=CN(c3ccc(-c4ccc(N5CCCCC5)c(F)c4)c(F)c3)N2)O1. The van der Waals surface area contributed by atoms with Crippen molar-refractivity contribution in [3.05, 3.63) is 60.4 Å². The zero-order valence-corrected chi connectivity index (χ0v) is 17.6. The first-order chi connectivity index (χ1) is 15.6. The summed E-state index contributed by atoms with van der Waals surface area (Å²) in [6.07, 6.45) is 6.16. The Labute approximate surface area is 185 Å². The maximum Gasteiger partial charge on any atom is 0.407 e. The number of cyclic esters (lactones) is 1. The molecule has 168 valence electrons. The molecule has 3 heterocycles. The van der Waals surface area contributed by atoms with E-state index in [2.05, 4.69) is 15.8 Å². The first-order valence-corrected chi connectivity index (χ1v) is 10.9. The maximum absolute atomic E-state index is 15.0. The van der Waals surface area contributed by atoms with Crippen LogP contribution in [0.2, 0.25) is 0 Å². The monoisotopic (exact) mass is 441 g/mol. The van der Waals surface area contributed by atoms with E-state index in [1.54, 1.807) is 46.7 Å². The number of carbonyl (C=O) groups excluding carboxylic acids is 1. The van der Waals surface area contributed by atoms with Crippen molar-refractivity contribution >= 4 is 17.5 Å². The van der Waals surface area contributed by atoms with Crippen LogP contribution in [0.15, 0.2) is 48.8 Å². The van der Waals surface area contributed by atoms with Gasteiger partial charge in [-0.3, -0.25) is 10.0 Å². The third kappa shape index (κ3) is 4.20. The second-order valence-electron chi connectivity index (χ2n) is 8.21. The fraction of sp³-hybridized carbons (Fsp3) is 0.348. The molecule has 32 heavy (non-hydrogen) atoms. The Kier molecular flexibility index (Phi) is 5.57. The second kappa shape index (κ2) is 8.66. The summed E-state index contributed by atoms with van der Waals surface area (Å²) in [4.78, 5) is 13.2. The Hall–Kier alpha value is -3.33. The topological polar surface area (TPSA) is 60.1 Å². The molecule has 3 aliphatic rings. The van der Waals surface area contributed by atoms with Gasteiger partial charge in [-0.25, -0.2) is 13.6 Å². The molecule has 0 aliphatic carbocycles. The molecule has 0 aromatic heterocycles. The van der Waals surface area contributed by atoms with Gasteiger partial charge in [-0.1, -0.05) is 6.07 Å². The van der Waals surface area contributed by atoms with Gasteiger partial charge in [-0.15, -0.1) is 5.53 Å². The molecule has 2 fully saturated rings. The Balaban J connectivity index is 1.27. The molecule has 2 aromatic rings. The minimum atomic E-state index is -0.435. The number of halogens is 2. The number of anilines is 2. The largest absolute Gasteiger partial charge is 0.442 e. The summed E-state index contributed by atoms with van der Waals surface area (Å²) in [6.45, 7) is 2.61. The van der Waals surface area contributed by atoms with Crippen molar-refractivity contribution in [2.75, 3.05) is 36.1 Å². The van der Waals surface area contributed by atoms with Crippen LogP contribution < -0.4 is 20.8 Å². The van der Waals surface area contributed by atoms with E-state index in [0.29, 0.717) is 35.6 Å². The number of hydrogen-bond acceptors (Lipinski definition) is 6. The molecule has 5 rings (SSSR count). The van der Waals surface area contributed by atoms with Crippen LogP contribution in [0, 0.1) is 11.6 Å². The Morgan fingerprint density at radius 3 is 2.56 bits per heavy atom. The summed E-state index contributed by atoms with van der Waals surface area (Å²) in [7, 11) is 0. The highest BCUT2D eigenvalue weighted by Gasteiger charge is 2.26. The number of nitrogens with zero attached hydrogens (tertiary/aromatic N) is 3. The van der Waals surface area contributed by atoms with E-state index in [-0.39, 0.29) is 11.9 Å². The van der Waals surface area contributed by atoms with Crippen molar-refractivity contribution in [1.82, 2.24) is 15.9 Å². The van der Waals surface area contributed by atoms with Crippen molar-refractivity contribution in [3.8, 4) is 11.1 Å². The van der Waals surface area contributed by atoms with Crippen molar-refractivity contribution in [1.29, 1.82) is 0 Å². The fourth-order valence-corrected chi connectivity index (χ4v) is 4.30. The van der Waals surface area contributed by atoms with Gasteiger partial charge >= 0.3 is 6.09 Å². The lowest BCUT2D eigenvalue weighted by Crippen LogP contribution is -2.43. The smallest absolute Gasteiger partial charge is 0.407 e. The molecule has 1 atom stereocenters. The average Bonchev–Trinajstić information content (AvgIpc) is 3.43. The minimum Gasteiger partial charge on any atom is -0.442 e. The minimum absolute atomic E-state index is 0.262. The van der Waals surface area contributed by atoms with Crippen LogP contribution in [-0.2, 0) is 4.74 Å². The molecule has 7 nitrogen and oxygen atoms in total. The van der Waals surface area contributed by atoms with E-state index in [4.69, 9.17) is 4.74 Å². The zero-order valence-electron chi connectivity index (χ0n) is 17.6. The third-order valence-electron chi connectivity index (χ3n) is 5.97. The lowest BCUT2D eigenvalue weighted by molar-refractivity contribution is 0.112. The van der Waals surface area contributed by atoms with Crippen LogP contribution in [-0.4, -0.2) is 43.4 Å². The second-order valence-corrected chi connectivity index (χ2v) is 8.21. The number of carbonyl (C=O) groups is 1. The van der Waals surface area contributed by atoms with Gasteiger partial charge in [-0.05, 0) is 55.2 Å². The third-order valence-corrected chi connectivity index (χ3v) is 5.97. The standard InChI is InChI=1S/C23H25F2N5O2/c24-20-13-17(30-11-10-29(27-30)15-18-14-26-23(31)32-18)5-6-19(20)16-4-7-22(21(25)12-16)28-8-2-1-3-9-28/h4-7,10-13,18,27H,1-3,8-9,14-15H2,(H,26,31)/t18-/m1/s1. The molecule has 9 heteroatoms. The van der Waals surface area contributed by atoms with Gasteiger partial charge in [0, 0.05) is 31.1 Å². The highest BCUT2D eigenvalue weighted by molar-refractivity contribution is 5.70. The van der Waals surface area contributed by atoms with Gasteiger partial charge < -0.3 is 15.0 Å². The Bertz CT molecular complexity index is 1040. The summed E-state index contributed by atoms with van der Waals surface area (Å²) in [5.74, 6) is -0.759. The molecule has 0 saturated carbocycles. The number of ether oxygens (including phenoxy) is 1. The van der Waals surface area contributed by atoms with Gasteiger partial charge in [0.1, 0.15) is 17.7 Å². The van der Waals surface area contributed by atoms with E-state index in [0.717, 1.165) is 25.9 Å². The van der Waals surface area contributed by atoms with Crippen molar-refractivity contribution in [2.24, 2.45) is 0 Å². The quantitative estimate of drug-likeness (QED) is 0.737. The van der Waals surface area contributed by atoms with E-state index in [1.165, 1.54) is 18.6 Å². The number of benzene rings is 2. The lowest BCUT2D eigenvalue weighted by Gasteiger charge is -2.29. The van der Waals surface area contributed by atoms with E-state index >= 15 is 0 Å². The highest BCUT2D eigenvalue weighted by atomic mass is 19.1. The Morgan fingerprint density at radius 1 is 1.00 bits per heavy atom. The van der Waals surface area contributed by atoms with Crippen molar-refractivity contribution < 1.29 is 18.3 Å². The van der Waals surface area contributed by atoms with E-state index in [1.807, 2.05) is 0 Å². The lowest BCUT2D eigenvalue weighted by atomic mass is 10.0. The summed E-state index contributed by atoms with van der Waals surface area (Å²) in [5, 5.41) is 6.03.